The van der Waals surface area contributed by atoms with Crippen LogP contribution in [0.1, 0.15) is 53.4 Å². The van der Waals surface area contributed by atoms with E-state index >= 15 is 0 Å². The molecule has 186 valence electrons. The number of nitrogens with one attached hydrogen (secondary N) is 1. The molecule has 1 amide bonds. The average Bonchev–Trinajstić information content (AvgIpc) is 3.35. The topological polar surface area (TPSA) is 96.3 Å². The molecule has 0 saturated carbocycles. The molecule has 4 aliphatic heterocycles. The first-order valence-electron chi connectivity index (χ1n) is 12.3. The van der Waals surface area contributed by atoms with Gasteiger partial charge >= 0.3 is 0 Å². The second-order valence-electron chi connectivity index (χ2n) is 10.9. The van der Waals surface area contributed by atoms with Crippen molar-refractivity contribution in [3.63, 3.8) is 0 Å². The summed E-state index contributed by atoms with van der Waals surface area (Å²) in [7, 11) is 1.73. The lowest BCUT2D eigenvalue weighted by Gasteiger charge is -2.47. The van der Waals surface area contributed by atoms with Crippen LogP contribution in [-0.4, -0.2) is 97.5 Å². The Morgan fingerprint density at radius 2 is 1.97 bits per heavy atom. The van der Waals surface area contributed by atoms with Crippen molar-refractivity contribution in [2.75, 3.05) is 46.4 Å². The van der Waals surface area contributed by atoms with Crippen LogP contribution >= 0.6 is 0 Å². The number of likely N-dealkylation sites (tertiary alicyclic amines) is 2. The number of nitrogens with zero attached hydrogens (tertiary/aromatic N) is 3. The molecule has 0 aromatic rings. The first-order chi connectivity index (χ1) is 15.6. The predicted octanol–water partition coefficient (Wildman–Crippen LogP) is 1.47. The van der Waals surface area contributed by atoms with Crippen molar-refractivity contribution in [3.8, 4) is 6.07 Å². The van der Waals surface area contributed by atoms with Crippen LogP contribution < -0.4 is 5.32 Å². The van der Waals surface area contributed by atoms with Gasteiger partial charge in [0.25, 0.3) is 0 Å². The van der Waals surface area contributed by atoms with E-state index in [9.17, 15) is 10.1 Å². The Kier molecular flexibility index (Phi) is 7.08. The minimum absolute atomic E-state index is 0.0264. The van der Waals surface area contributed by atoms with Gasteiger partial charge in [-0.1, -0.05) is 6.92 Å². The van der Waals surface area contributed by atoms with Gasteiger partial charge in [0.05, 0.1) is 31.9 Å². The second-order valence-corrected chi connectivity index (χ2v) is 10.9. The van der Waals surface area contributed by atoms with Gasteiger partial charge in [-0.2, -0.15) is 5.26 Å². The van der Waals surface area contributed by atoms with Gasteiger partial charge in [-0.15, -0.1) is 0 Å². The molecule has 4 aliphatic rings. The number of piperidine rings is 1. The van der Waals surface area contributed by atoms with Crippen LogP contribution in [0.5, 0.6) is 0 Å². The van der Waals surface area contributed by atoms with Crippen molar-refractivity contribution < 1.29 is 23.7 Å². The Balaban J connectivity index is 1.33. The molecule has 0 radical (unpaired) electrons. The van der Waals surface area contributed by atoms with Crippen molar-refractivity contribution in [1.82, 2.24) is 15.1 Å². The number of methoxy groups -OCH3 is 1. The zero-order valence-electron chi connectivity index (χ0n) is 20.8. The van der Waals surface area contributed by atoms with E-state index in [1.807, 2.05) is 13.8 Å². The van der Waals surface area contributed by atoms with Gasteiger partial charge in [-0.3, -0.25) is 9.69 Å². The zero-order valence-corrected chi connectivity index (χ0v) is 20.8. The second kappa shape index (κ2) is 9.40. The minimum Gasteiger partial charge on any atom is -0.378 e. The maximum Gasteiger partial charge on any atom is 0.237 e. The third kappa shape index (κ3) is 5.07. The molecule has 9 heteroatoms. The largest absolute Gasteiger partial charge is 0.378 e. The summed E-state index contributed by atoms with van der Waals surface area (Å²) in [6.45, 7) is 12.1. The lowest BCUT2D eigenvalue weighted by Crippen LogP contribution is -2.63. The van der Waals surface area contributed by atoms with Gasteiger partial charge in [0.1, 0.15) is 12.1 Å². The maximum atomic E-state index is 12.6. The standard InChI is InChI=1S/C24H40N4O5/c1-17-15-31-24(21(20(17)30-5)32-22(2,3)33-24)16-27-11-8-23(4,9-12-27)26-14-19(29)28-10-6-7-18(28)13-25/h17-18,20-21,26H,6-12,14-16H2,1-5H3/t17-,18+,20-,21+,24+/m1/s1. The van der Waals surface area contributed by atoms with Gasteiger partial charge in [-0.25, -0.2) is 0 Å². The Morgan fingerprint density at radius 3 is 2.64 bits per heavy atom. The van der Waals surface area contributed by atoms with Crippen LogP contribution in [0.3, 0.4) is 0 Å². The van der Waals surface area contributed by atoms with Crippen molar-refractivity contribution in [2.24, 2.45) is 5.92 Å². The van der Waals surface area contributed by atoms with Crippen molar-refractivity contribution in [2.45, 2.75) is 88.7 Å². The van der Waals surface area contributed by atoms with Crippen LogP contribution in [0.25, 0.3) is 0 Å². The summed E-state index contributed by atoms with van der Waals surface area (Å²) in [5.74, 6) is -1.31. The molecule has 0 aromatic carbocycles. The highest BCUT2D eigenvalue weighted by Crippen LogP contribution is 2.45. The fourth-order valence-electron chi connectivity index (χ4n) is 5.80. The van der Waals surface area contributed by atoms with Gasteiger partial charge in [0, 0.05) is 38.2 Å². The molecule has 0 aliphatic carbocycles. The lowest BCUT2D eigenvalue weighted by atomic mass is 9.87. The molecule has 4 saturated heterocycles. The Hall–Kier alpha value is -1.28. The van der Waals surface area contributed by atoms with Crippen LogP contribution in [0, 0.1) is 17.2 Å². The van der Waals surface area contributed by atoms with Crippen molar-refractivity contribution >= 4 is 5.91 Å². The zero-order chi connectivity index (χ0) is 23.9. The number of nitriles is 1. The molecule has 4 heterocycles. The highest BCUT2D eigenvalue weighted by molar-refractivity contribution is 5.79. The molecule has 0 unspecified atom stereocenters. The quantitative estimate of drug-likeness (QED) is 0.631. The molecule has 0 aromatic heterocycles. The minimum atomic E-state index is -0.837. The van der Waals surface area contributed by atoms with Crippen LogP contribution in [-0.2, 0) is 23.7 Å². The number of rotatable bonds is 6. The van der Waals surface area contributed by atoms with Crippen LogP contribution in [0.4, 0.5) is 0 Å². The average molecular weight is 465 g/mol. The van der Waals surface area contributed by atoms with E-state index in [1.54, 1.807) is 12.0 Å². The molecule has 0 bridgehead atoms. The normalized spacial score (nSPS) is 38.1. The smallest absolute Gasteiger partial charge is 0.237 e. The van der Waals surface area contributed by atoms with Crippen LogP contribution in [0.15, 0.2) is 0 Å². The SMILES string of the molecule is CO[C@@H]1[C@H](C)CO[C@@]2(CN3CCC(C)(NCC(=O)N4CCC[C@H]4C#N)CC3)OC(C)(C)O[C@@H]12. The summed E-state index contributed by atoms with van der Waals surface area (Å²) < 4.78 is 24.8. The maximum absolute atomic E-state index is 12.6. The van der Waals surface area contributed by atoms with E-state index in [0.717, 1.165) is 38.8 Å². The molecule has 4 rings (SSSR count). The first-order valence-corrected chi connectivity index (χ1v) is 12.3. The summed E-state index contributed by atoms with van der Waals surface area (Å²) in [6.07, 6.45) is 3.16. The highest BCUT2D eigenvalue weighted by Gasteiger charge is 2.61. The molecule has 1 N–H and O–H groups in total. The van der Waals surface area contributed by atoms with E-state index in [0.29, 0.717) is 19.7 Å². The first kappa shape index (κ1) is 24.8. The molecule has 5 atom stereocenters. The van der Waals surface area contributed by atoms with Crippen molar-refractivity contribution in [3.05, 3.63) is 0 Å². The Bertz CT molecular complexity index is 762. The number of ether oxygens (including phenoxy) is 4. The van der Waals surface area contributed by atoms with E-state index in [4.69, 9.17) is 18.9 Å². The summed E-state index contributed by atoms with van der Waals surface area (Å²) in [4.78, 5) is 16.7. The summed E-state index contributed by atoms with van der Waals surface area (Å²) in [5, 5.41) is 12.7. The predicted molar refractivity (Wildman–Crippen MR) is 121 cm³/mol. The van der Waals surface area contributed by atoms with Gasteiger partial charge in [0.15, 0.2) is 5.79 Å². The fourth-order valence-corrected chi connectivity index (χ4v) is 5.80. The molecule has 0 spiro atoms. The van der Waals surface area contributed by atoms with E-state index in [2.05, 4.69) is 30.1 Å². The third-order valence-electron chi connectivity index (χ3n) is 7.78. The Labute approximate surface area is 197 Å². The molecular weight excluding hydrogens is 424 g/mol. The molecular formula is C24H40N4O5. The van der Waals surface area contributed by atoms with E-state index in [-0.39, 0.29) is 42.2 Å². The monoisotopic (exact) mass is 464 g/mol. The lowest BCUT2D eigenvalue weighted by molar-refractivity contribution is -0.292. The fraction of sp³-hybridized carbons (Fsp3) is 0.917. The third-order valence-corrected chi connectivity index (χ3v) is 7.78. The number of carbonyl (C=O) groups excluding carboxylic acids is 1. The van der Waals surface area contributed by atoms with Gasteiger partial charge in [0.2, 0.25) is 11.7 Å². The summed E-state index contributed by atoms with van der Waals surface area (Å²) in [6, 6.07) is 1.98. The van der Waals surface area contributed by atoms with Gasteiger partial charge < -0.3 is 29.2 Å². The number of carbonyl (C=O) groups is 1. The van der Waals surface area contributed by atoms with Gasteiger partial charge in [-0.05, 0) is 46.5 Å². The van der Waals surface area contributed by atoms with E-state index < -0.39 is 11.6 Å². The van der Waals surface area contributed by atoms with E-state index in [1.165, 1.54) is 0 Å². The number of hydrogen-bond acceptors (Lipinski definition) is 8. The number of hydrogen-bond donors (Lipinski definition) is 1. The number of amides is 1. The Morgan fingerprint density at radius 1 is 1.24 bits per heavy atom. The molecule has 33 heavy (non-hydrogen) atoms. The molecule has 9 nitrogen and oxygen atoms in total. The summed E-state index contributed by atoms with van der Waals surface area (Å²) in [5.41, 5.74) is -0.117. The van der Waals surface area contributed by atoms with Crippen molar-refractivity contribution in [1.29, 1.82) is 5.26 Å². The highest BCUT2D eigenvalue weighted by atomic mass is 16.8. The molecule has 4 fully saturated rings. The summed E-state index contributed by atoms with van der Waals surface area (Å²) >= 11 is 0. The van der Waals surface area contributed by atoms with Crippen LogP contribution in [0.2, 0.25) is 0 Å². The number of fused-ring (bicyclic) bond motifs is 1.